The topological polar surface area (TPSA) is 0 Å². The van der Waals surface area contributed by atoms with Crippen LogP contribution >= 0.6 is 23.2 Å². The Morgan fingerprint density at radius 2 is 1.79 bits per heavy atom. The maximum atomic E-state index is 13.1. The first-order valence-electron chi connectivity index (χ1n) is 6.30. The van der Waals surface area contributed by atoms with Crippen molar-refractivity contribution in [3.8, 4) is 0 Å². The maximum Gasteiger partial charge on any atom is 0.123 e. The van der Waals surface area contributed by atoms with E-state index in [2.05, 4.69) is 0 Å². The largest absolute Gasteiger partial charge is 0.207 e. The number of hydrogen-bond donors (Lipinski definition) is 0. The molecular formula is C16H15Cl2F. The summed E-state index contributed by atoms with van der Waals surface area (Å²) in [6.07, 6.45) is 2.47. The predicted octanol–water partition coefficient (Wildman–Crippen LogP) is 5.78. The van der Waals surface area contributed by atoms with Gasteiger partial charge >= 0.3 is 0 Å². The van der Waals surface area contributed by atoms with Crippen molar-refractivity contribution in [2.45, 2.75) is 24.6 Å². The number of benzene rings is 2. The van der Waals surface area contributed by atoms with E-state index in [0.29, 0.717) is 5.02 Å². The maximum absolute atomic E-state index is 13.1. The van der Waals surface area contributed by atoms with Gasteiger partial charge in [0, 0.05) is 5.02 Å². The molecular weight excluding hydrogens is 282 g/mol. The lowest BCUT2D eigenvalue weighted by Crippen LogP contribution is -1.94. The third-order valence-corrected chi connectivity index (χ3v) is 3.91. The Labute approximate surface area is 123 Å². The van der Waals surface area contributed by atoms with Gasteiger partial charge in [0.15, 0.2) is 0 Å². The Hall–Kier alpha value is -1.05. The molecule has 0 N–H and O–H groups in total. The highest BCUT2D eigenvalue weighted by atomic mass is 35.5. The fourth-order valence-corrected chi connectivity index (χ4v) is 2.55. The van der Waals surface area contributed by atoms with Gasteiger partial charge in [-0.1, -0.05) is 41.9 Å². The van der Waals surface area contributed by atoms with Crippen LogP contribution in [0.15, 0.2) is 48.5 Å². The van der Waals surface area contributed by atoms with Crippen molar-refractivity contribution in [1.82, 2.24) is 0 Å². The van der Waals surface area contributed by atoms with Gasteiger partial charge in [-0.05, 0) is 48.6 Å². The Bertz CT molecular complexity index is 526. The van der Waals surface area contributed by atoms with Crippen molar-refractivity contribution >= 4 is 23.2 Å². The van der Waals surface area contributed by atoms with E-state index in [0.717, 1.165) is 30.4 Å². The summed E-state index contributed by atoms with van der Waals surface area (Å²) in [6.45, 7) is 0. The van der Waals surface area contributed by atoms with Crippen LogP contribution in [0.4, 0.5) is 4.39 Å². The van der Waals surface area contributed by atoms with Crippen molar-refractivity contribution in [2.75, 3.05) is 0 Å². The van der Waals surface area contributed by atoms with E-state index in [-0.39, 0.29) is 11.2 Å². The van der Waals surface area contributed by atoms with Crippen molar-refractivity contribution in [2.24, 2.45) is 0 Å². The summed E-state index contributed by atoms with van der Waals surface area (Å²) in [7, 11) is 0. The summed E-state index contributed by atoms with van der Waals surface area (Å²) in [5, 5.41) is 0.612. The Morgan fingerprint density at radius 3 is 2.53 bits per heavy atom. The summed E-state index contributed by atoms with van der Waals surface area (Å²) in [5.41, 5.74) is 1.97. The number of alkyl halides is 1. The molecule has 0 aliphatic carbocycles. The number of rotatable bonds is 5. The van der Waals surface area contributed by atoms with Gasteiger partial charge in [0.1, 0.15) is 5.82 Å². The Balaban J connectivity index is 1.88. The summed E-state index contributed by atoms with van der Waals surface area (Å²) >= 11 is 12.4. The summed E-state index contributed by atoms with van der Waals surface area (Å²) in [5.74, 6) is -0.245. The molecule has 0 aliphatic rings. The molecule has 0 radical (unpaired) electrons. The first kappa shape index (κ1) is 14.4. The van der Waals surface area contributed by atoms with E-state index < -0.39 is 0 Å². The number of aryl methyl sites for hydroxylation is 1. The predicted molar refractivity (Wildman–Crippen MR) is 79.4 cm³/mol. The minimum Gasteiger partial charge on any atom is -0.207 e. The minimum absolute atomic E-state index is 0.00599. The lowest BCUT2D eigenvalue weighted by molar-refractivity contribution is 0.623. The monoisotopic (exact) mass is 296 g/mol. The van der Waals surface area contributed by atoms with E-state index >= 15 is 0 Å². The highest BCUT2D eigenvalue weighted by Gasteiger charge is 2.08. The smallest absolute Gasteiger partial charge is 0.123 e. The van der Waals surface area contributed by atoms with Crippen molar-refractivity contribution in [1.29, 1.82) is 0 Å². The third-order valence-electron chi connectivity index (χ3n) is 3.07. The molecule has 0 heterocycles. The molecule has 100 valence electrons. The quantitative estimate of drug-likeness (QED) is 0.613. The van der Waals surface area contributed by atoms with Crippen LogP contribution < -0.4 is 0 Å². The van der Waals surface area contributed by atoms with E-state index in [4.69, 9.17) is 23.2 Å². The van der Waals surface area contributed by atoms with Crippen molar-refractivity contribution in [3.05, 3.63) is 70.5 Å². The standard InChI is InChI=1S/C16H15Cl2F/c17-15(12-5-2-1-3-6-12)8-4-7-13-11-14(19)9-10-16(13)18/h1-3,5-6,9-11,15H,4,7-8H2. The summed E-state index contributed by atoms with van der Waals surface area (Å²) in [4.78, 5) is 0. The average Bonchev–Trinajstić information content (AvgIpc) is 2.43. The first-order chi connectivity index (χ1) is 9.16. The third kappa shape index (κ3) is 4.22. The Morgan fingerprint density at radius 1 is 1.05 bits per heavy atom. The molecule has 0 saturated heterocycles. The highest BCUT2D eigenvalue weighted by Crippen LogP contribution is 2.27. The summed E-state index contributed by atoms with van der Waals surface area (Å²) in [6, 6.07) is 14.4. The van der Waals surface area contributed by atoms with Crippen LogP contribution in [0.25, 0.3) is 0 Å². The molecule has 0 amide bonds. The fourth-order valence-electron chi connectivity index (χ4n) is 2.04. The van der Waals surface area contributed by atoms with Crippen LogP contribution in [-0.4, -0.2) is 0 Å². The zero-order chi connectivity index (χ0) is 13.7. The second-order valence-corrected chi connectivity index (χ2v) is 5.44. The van der Waals surface area contributed by atoms with Crippen LogP contribution in [0.2, 0.25) is 5.02 Å². The Kier molecular flexibility index (Phi) is 5.24. The first-order valence-corrected chi connectivity index (χ1v) is 7.11. The molecule has 3 heteroatoms. The SMILES string of the molecule is Fc1ccc(Cl)c(CCCC(Cl)c2ccccc2)c1. The van der Waals surface area contributed by atoms with E-state index in [9.17, 15) is 4.39 Å². The van der Waals surface area contributed by atoms with Crippen LogP contribution in [0.1, 0.15) is 29.3 Å². The molecule has 1 atom stereocenters. The van der Waals surface area contributed by atoms with E-state index in [1.54, 1.807) is 6.07 Å². The van der Waals surface area contributed by atoms with E-state index in [1.807, 2.05) is 30.3 Å². The molecule has 0 spiro atoms. The molecule has 2 aromatic carbocycles. The van der Waals surface area contributed by atoms with Crippen molar-refractivity contribution in [3.63, 3.8) is 0 Å². The van der Waals surface area contributed by atoms with Gasteiger partial charge in [-0.15, -0.1) is 11.6 Å². The summed E-state index contributed by atoms with van der Waals surface area (Å²) < 4.78 is 13.1. The molecule has 19 heavy (non-hydrogen) atoms. The van der Waals surface area contributed by atoms with E-state index in [1.165, 1.54) is 12.1 Å². The zero-order valence-electron chi connectivity index (χ0n) is 10.5. The molecule has 0 aliphatic heterocycles. The van der Waals surface area contributed by atoms with Crippen LogP contribution in [0, 0.1) is 5.82 Å². The van der Waals surface area contributed by atoms with Gasteiger partial charge < -0.3 is 0 Å². The zero-order valence-corrected chi connectivity index (χ0v) is 12.0. The van der Waals surface area contributed by atoms with Gasteiger partial charge in [0.2, 0.25) is 0 Å². The molecule has 1 unspecified atom stereocenters. The van der Waals surface area contributed by atoms with Crippen LogP contribution in [0.3, 0.4) is 0 Å². The van der Waals surface area contributed by atoms with Crippen LogP contribution in [0.5, 0.6) is 0 Å². The lowest BCUT2D eigenvalue weighted by Gasteiger charge is -2.10. The van der Waals surface area contributed by atoms with Crippen molar-refractivity contribution < 1.29 is 4.39 Å². The molecule has 0 saturated carbocycles. The molecule has 0 nitrogen and oxygen atoms in total. The number of halogens is 3. The van der Waals surface area contributed by atoms with Gasteiger partial charge in [-0.2, -0.15) is 0 Å². The second-order valence-electron chi connectivity index (χ2n) is 4.51. The second kappa shape index (κ2) is 6.93. The van der Waals surface area contributed by atoms with Gasteiger partial charge in [-0.25, -0.2) is 4.39 Å². The average molecular weight is 297 g/mol. The molecule has 0 aromatic heterocycles. The molecule has 0 bridgehead atoms. The van der Waals surface area contributed by atoms with Crippen LogP contribution in [-0.2, 0) is 6.42 Å². The minimum atomic E-state index is -0.245. The lowest BCUT2D eigenvalue weighted by atomic mass is 10.0. The molecule has 0 fully saturated rings. The fraction of sp³-hybridized carbons (Fsp3) is 0.250. The van der Waals surface area contributed by atoms with Gasteiger partial charge in [-0.3, -0.25) is 0 Å². The molecule has 2 aromatic rings. The van der Waals surface area contributed by atoms with Gasteiger partial charge in [0.05, 0.1) is 5.38 Å². The number of hydrogen-bond acceptors (Lipinski definition) is 0. The highest BCUT2D eigenvalue weighted by molar-refractivity contribution is 6.31. The van der Waals surface area contributed by atoms with Gasteiger partial charge in [0.25, 0.3) is 0 Å². The molecule has 2 rings (SSSR count). The normalized spacial score (nSPS) is 12.4.